The van der Waals surface area contributed by atoms with Crippen molar-refractivity contribution in [3.63, 3.8) is 0 Å². The Hall–Kier alpha value is -2.77. The van der Waals surface area contributed by atoms with E-state index in [1.54, 1.807) is 25.4 Å². The summed E-state index contributed by atoms with van der Waals surface area (Å²) in [6.07, 6.45) is 3.56. The molecular formula is C20H21ClN4O3. The van der Waals surface area contributed by atoms with Crippen LogP contribution in [0.15, 0.2) is 36.7 Å². The van der Waals surface area contributed by atoms with Gasteiger partial charge >= 0.3 is 0 Å². The zero-order valence-corrected chi connectivity index (χ0v) is 16.5. The number of aromatic nitrogens is 2. The fourth-order valence-electron chi connectivity index (χ4n) is 3.39. The van der Waals surface area contributed by atoms with Crippen LogP contribution in [0, 0.1) is 0 Å². The number of hydrogen-bond acceptors (Lipinski definition) is 5. The van der Waals surface area contributed by atoms with E-state index in [0.29, 0.717) is 48.5 Å². The van der Waals surface area contributed by atoms with Crippen molar-refractivity contribution in [2.45, 2.75) is 0 Å². The number of carbonyl (C=O) groups is 1. The lowest BCUT2D eigenvalue weighted by Gasteiger charge is -2.27. The van der Waals surface area contributed by atoms with Crippen LogP contribution in [0.3, 0.4) is 0 Å². The van der Waals surface area contributed by atoms with Crippen LogP contribution in [-0.2, 0) is 11.8 Å². The van der Waals surface area contributed by atoms with E-state index in [4.69, 9.17) is 21.1 Å². The summed E-state index contributed by atoms with van der Waals surface area (Å²) in [7, 11) is 3.50. The zero-order chi connectivity index (χ0) is 19.7. The number of pyridine rings is 1. The molecule has 1 amide bonds. The SMILES string of the molecule is COc1ccc(Nc2ncc(C(=O)N3CCOCC3)c3c2ccn3C)cc1Cl. The van der Waals surface area contributed by atoms with E-state index in [-0.39, 0.29) is 5.91 Å². The number of nitrogens with one attached hydrogen (secondary N) is 1. The highest BCUT2D eigenvalue weighted by Gasteiger charge is 2.23. The van der Waals surface area contributed by atoms with Crippen molar-refractivity contribution in [1.29, 1.82) is 0 Å². The summed E-state index contributed by atoms with van der Waals surface area (Å²) in [5, 5.41) is 4.67. The normalized spacial score (nSPS) is 14.3. The number of amides is 1. The van der Waals surface area contributed by atoms with E-state index in [0.717, 1.165) is 16.6 Å². The highest BCUT2D eigenvalue weighted by molar-refractivity contribution is 6.32. The van der Waals surface area contributed by atoms with Crippen molar-refractivity contribution in [3.8, 4) is 5.75 Å². The van der Waals surface area contributed by atoms with Gasteiger partial charge in [-0.15, -0.1) is 0 Å². The van der Waals surface area contributed by atoms with Crippen LogP contribution in [-0.4, -0.2) is 53.8 Å². The van der Waals surface area contributed by atoms with Crippen molar-refractivity contribution in [3.05, 3.63) is 47.2 Å². The van der Waals surface area contributed by atoms with Gasteiger partial charge in [-0.3, -0.25) is 4.79 Å². The highest BCUT2D eigenvalue weighted by atomic mass is 35.5. The molecule has 1 aliphatic rings. The predicted molar refractivity (Wildman–Crippen MR) is 109 cm³/mol. The number of nitrogens with zero attached hydrogens (tertiary/aromatic N) is 3. The van der Waals surface area contributed by atoms with Gasteiger partial charge in [0.15, 0.2) is 0 Å². The average molecular weight is 401 g/mol. The van der Waals surface area contributed by atoms with Crippen molar-refractivity contribution in [1.82, 2.24) is 14.5 Å². The van der Waals surface area contributed by atoms with E-state index in [1.807, 2.05) is 34.8 Å². The number of hydrogen-bond donors (Lipinski definition) is 1. The van der Waals surface area contributed by atoms with Crippen LogP contribution < -0.4 is 10.1 Å². The van der Waals surface area contributed by atoms with Crippen LogP contribution in [0.5, 0.6) is 5.75 Å². The van der Waals surface area contributed by atoms with Gasteiger partial charge in [-0.2, -0.15) is 0 Å². The molecule has 0 atom stereocenters. The zero-order valence-electron chi connectivity index (χ0n) is 15.7. The van der Waals surface area contributed by atoms with Gasteiger partial charge in [0.25, 0.3) is 5.91 Å². The smallest absolute Gasteiger partial charge is 0.257 e. The maximum absolute atomic E-state index is 13.0. The molecule has 28 heavy (non-hydrogen) atoms. The van der Waals surface area contributed by atoms with E-state index >= 15 is 0 Å². The molecule has 1 aromatic carbocycles. The molecule has 0 bridgehead atoms. The first-order valence-electron chi connectivity index (χ1n) is 9.00. The third-order valence-electron chi connectivity index (χ3n) is 4.85. The lowest BCUT2D eigenvalue weighted by molar-refractivity contribution is 0.0303. The van der Waals surface area contributed by atoms with E-state index < -0.39 is 0 Å². The molecule has 1 fully saturated rings. The summed E-state index contributed by atoms with van der Waals surface area (Å²) in [5.74, 6) is 1.24. The Labute approximate surface area is 167 Å². The largest absolute Gasteiger partial charge is 0.495 e. The topological polar surface area (TPSA) is 68.6 Å². The number of rotatable bonds is 4. The number of carbonyl (C=O) groups excluding carboxylic acids is 1. The third kappa shape index (κ3) is 3.39. The number of benzene rings is 1. The Bertz CT molecular complexity index is 1030. The van der Waals surface area contributed by atoms with Crippen molar-refractivity contribution in [2.24, 2.45) is 7.05 Å². The molecule has 1 aliphatic heterocycles. The molecule has 8 heteroatoms. The van der Waals surface area contributed by atoms with Crippen LogP contribution in [0.1, 0.15) is 10.4 Å². The maximum atomic E-state index is 13.0. The second kappa shape index (κ2) is 7.69. The van der Waals surface area contributed by atoms with Gasteiger partial charge in [-0.25, -0.2) is 4.98 Å². The molecule has 0 radical (unpaired) electrons. The molecule has 7 nitrogen and oxygen atoms in total. The number of methoxy groups -OCH3 is 1. The minimum atomic E-state index is -0.0263. The Morgan fingerprint density at radius 1 is 1.29 bits per heavy atom. The number of fused-ring (bicyclic) bond motifs is 1. The maximum Gasteiger partial charge on any atom is 0.257 e. The fraction of sp³-hybridized carbons (Fsp3) is 0.300. The summed E-state index contributed by atoms with van der Waals surface area (Å²) in [6, 6.07) is 7.40. The monoisotopic (exact) mass is 400 g/mol. The Morgan fingerprint density at radius 3 is 2.79 bits per heavy atom. The number of morpholine rings is 1. The highest BCUT2D eigenvalue weighted by Crippen LogP contribution is 2.32. The standard InChI is InChI=1S/C20H21ClN4O3/c1-24-6-5-14-18(24)15(20(26)25-7-9-28-10-8-25)12-22-19(14)23-13-3-4-17(27-2)16(21)11-13/h3-6,11-12H,7-10H2,1-2H3,(H,22,23). The van der Waals surface area contributed by atoms with Gasteiger partial charge < -0.3 is 24.3 Å². The summed E-state index contributed by atoms with van der Waals surface area (Å²) in [5.41, 5.74) is 2.21. The molecule has 1 N–H and O–H groups in total. The number of ether oxygens (including phenoxy) is 2. The van der Waals surface area contributed by atoms with Crippen LogP contribution in [0.2, 0.25) is 5.02 Å². The quantitative estimate of drug-likeness (QED) is 0.726. The first-order valence-corrected chi connectivity index (χ1v) is 9.38. The molecule has 1 saturated heterocycles. The summed E-state index contributed by atoms with van der Waals surface area (Å²) in [4.78, 5) is 19.3. The first kappa shape index (κ1) is 18.6. The summed E-state index contributed by atoms with van der Waals surface area (Å²) >= 11 is 6.22. The van der Waals surface area contributed by atoms with Gasteiger partial charge in [0.2, 0.25) is 0 Å². The minimum Gasteiger partial charge on any atom is -0.495 e. The molecule has 3 aromatic rings. The molecule has 3 heterocycles. The van der Waals surface area contributed by atoms with Gasteiger partial charge in [-0.1, -0.05) is 11.6 Å². The fourth-order valence-corrected chi connectivity index (χ4v) is 3.65. The number of anilines is 2. The Morgan fingerprint density at radius 2 is 2.07 bits per heavy atom. The second-order valence-corrected chi connectivity index (χ2v) is 7.00. The van der Waals surface area contributed by atoms with Crippen LogP contribution in [0.25, 0.3) is 10.9 Å². The van der Waals surface area contributed by atoms with Crippen LogP contribution in [0.4, 0.5) is 11.5 Å². The lowest BCUT2D eigenvalue weighted by atomic mass is 10.1. The minimum absolute atomic E-state index is 0.0263. The summed E-state index contributed by atoms with van der Waals surface area (Å²) in [6.45, 7) is 2.31. The van der Waals surface area contributed by atoms with Crippen molar-refractivity contribution in [2.75, 3.05) is 38.7 Å². The van der Waals surface area contributed by atoms with Crippen molar-refractivity contribution >= 4 is 39.9 Å². The summed E-state index contributed by atoms with van der Waals surface area (Å²) < 4.78 is 12.5. The van der Waals surface area contributed by atoms with E-state index in [9.17, 15) is 4.79 Å². The lowest BCUT2D eigenvalue weighted by Crippen LogP contribution is -2.40. The average Bonchev–Trinajstić information content (AvgIpc) is 3.11. The molecular weight excluding hydrogens is 380 g/mol. The van der Waals surface area contributed by atoms with Crippen molar-refractivity contribution < 1.29 is 14.3 Å². The van der Waals surface area contributed by atoms with E-state index in [2.05, 4.69) is 10.3 Å². The van der Waals surface area contributed by atoms with Gasteiger partial charge in [0, 0.05) is 43.6 Å². The number of aryl methyl sites for hydroxylation is 1. The molecule has 0 aliphatic carbocycles. The molecule has 4 rings (SSSR count). The number of halogens is 1. The molecule has 0 spiro atoms. The Balaban J connectivity index is 1.70. The van der Waals surface area contributed by atoms with Crippen LogP contribution >= 0.6 is 11.6 Å². The van der Waals surface area contributed by atoms with Gasteiger partial charge in [0.05, 0.1) is 36.4 Å². The third-order valence-corrected chi connectivity index (χ3v) is 5.14. The molecule has 0 unspecified atom stereocenters. The molecule has 0 saturated carbocycles. The van der Waals surface area contributed by atoms with Gasteiger partial charge in [-0.05, 0) is 24.3 Å². The van der Waals surface area contributed by atoms with E-state index in [1.165, 1.54) is 0 Å². The molecule has 2 aromatic heterocycles. The Kier molecular flexibility index (Phi) is 5.11. The second-order valence-electron chi connectivity index (χ2n) is 6.59. The predicted octanol–water partition coefficient (Wildman–Crippen LogP) is 3.45. The molecule has 146 valence electrons. The first-order chi connectivity index (χ1) is 13.6. The van der Waals surface area contributed by atoms with Gasteiger partial charge in [0.1, 0.15) is 11.6 Å².